The molecule has 0 spiro atoms. The van der Waals surface area contributed by atoms with E-state index in [4.69, 9.17) is 11.6 Å². The summed E-state index contributed by atoms with van der Waals surface area (Å²) in [6.45, 7) is 6.26. The maximum Gasteiger partial charge on any atom is 0.0642 e. The number of benzene rings is 1. The molecule has 1 N–H and O–H groups in total. The lowest BCUT2D eigenvalue weighted by molar-refractivity contribution is 0.571. The molecule has 4 heteroatoms. The van der Waals surface area contributed by atoms with Gasteiger partial charge in [-0.05, 0) is 60.0 Å². The molecule has 2 aromatic rings. The van der Waals surface area contributed by atoms with Crippen molar-refractivity contribution >= 4 is 28.6 Å². The second-order valence-electron chi connectivity index (χ2n) is 5.37. The zero-order chi connectivity index (χ0) is 15.2. The van der Waals surface area contributed by atoms with Crippen molar-refractivity contribution in [3.05, 3.63) is 51.2 Å². The predicted molar refractivity (Wildman–Crippen MR) is 94.6 cm³/mol. The molecule has 1 aromatic heterocycles. The fraction of sp³-hybridized carbons (Fsp3) is 0.412. The van der Waals surface area contributed by atoms with Crippen molar-refractivity contribution in [3.63, 3.8) is 0 Å². The maximum atomic E-state index is 6.48. The molecular weight excluding hydrogens is 300 g/mol. The Balaban J connectivity index is 2.07. The van der Waals surface area contributed by atoms with Crippen LogP contribution in [0.15, 0.2) is 35.0 Å². The van der Waals surface area contributed by atoms with E-state index < -0.39 is 0 Å². The van der Waals surface area contributed by atoms with E-state index >= 15 is 0 Å². The highest BCUT2D eigenvalue weighted by molar-refractivity contribution is 7.07. The number of halogens is 1. The first-order chi connectivity index (χ1) is 10.1. The molecule has 0 aliphatic carbocycles. The molecule has 0 fully saturated rings. The van der Waals surface area contributed by atoms with Gasteiger partial charge in [0.2, 0.25) is 0 Å². The smallest absolute Gasteiger partial charge is 0.0642 e. The standard InChI is InChI=1S/C17H23ClN2S/c1-4-8-19-13(2)15-5-6-17(16(18)10-15)20(3)11-14-7-9-21-12-14/h5-7,9-10,12-13,19H,4,8,11H2,1-3H3. The Hall–Kier alpha value is -1.03. The third-order valence-corrected chi connectivity index (χ3v) is 4.62. The number of nitrogens with one attached hydrogen (secondary N) is 1. The average molecular weight is 323 g/mol. The number of nitrogens with zero attached hydrogens (tertiary/aromatic N) is 1. The van der Waals surface area contributed by atoms with E-state index in [9.17, 15) is 0 Å². The SMILES string of the molecule is CCCNC(C)c1ccc(N(C)Cc2ccsc2)c(Cl)c1. The summed E-state index contributed by atoms with van der Waals surface area (Å²) in [6.07, 6.45) is 1.14. The van der Waals surface area contributed by atoms with E-state index in [1.54, 1.807) is 11.3 Å². The monoisotopic (exact) mass is 322 g/mol. The van der Waals surface area contributed by atoms with E-state index in [2.05, 4.69) is 66.1 Å². The van der Waals surface area contributed by atoms with E-state index in [0.29, 0.717) is 6.04 Å². The molecule has 2 nitrogen and oxygen atoms in total. The highest BCUT2D eigenvalue weighted by Gasteiger charge is 2.11. The predicted octanol–water partition coefficient (Wildman–Crippen LogP) is 5.10. The van der Waals surface area contributed by atoms with Gasteiger partial charge < -0.3 is 10.2 Å². The molecule has 0 aliphatic heterocycles. The number of hydrogen-bond donors (Lipinski definition) is 1. The van der Waals surface area contributed by atoms with Gasteiger partial charge in [-0.2, -0.15) is 11.3 Å². The number of hydrogen-bond acceptors (Lipinski definition) is 3. The number of rotatable bonds is 7. The molecule has 0 radical (unpaired) electrons. The Bertz CT molecular complexity index is 554. The summed E-state index contributed by atoms with van der Waals surface area (Å²) in [7, 11) is 2.08. The minimum atomic E-state index is 0.332. The Morgan fingerprint density at radius 1 is 1.33 bits per heavy atom. The maximum absolute atomic E-state index is 6.48. The largest absolute Gasteiger partial charge is 0.369 e. The van der Waals surface area contributed by atoms with E-state index in [1.165, 1.54) is 11.1 Å². The Labute approximate surface area is 136 Å². The van der Waals surface area contributed by atoms with Crippen molar-refractivity contribution in [3.8, 4) is 0 Å². The lowest BCUT2D eigenvalue weighted by Crippen LogP contribution is -2.20. The van der Waals surface area contributed by atoms with Crippen LogP contribution in [0.5, 0.6) is 0 Å². The number of thiophene rings is 1. The molecule has 21 heavy (non-hydrogen) atoms. The average Bonchev–Trinajstić information content (AvgIpc) is 2.97. The van der Waals surface area contributed by atoms with Crippen LogP contribution in [0.3, 0.4) is 0 Å². The van der Waals surface area contributed by atoms with Crippen LogP contribution in [0.1, 0.15) is 37.4 Å². The van der Waals surface area contributed by atoms with Crippen LogP contribution in [0.2, 0.25) is 5.02 Å². The third-order valence-electron chi connectivity index (χ3n) is 3.58. The lowest BCUT2D eigenvalue weighted by Gasteiger charge is -2.22. The molecule has 0 saturated heterocycles. The van der Waals surface area contributed by atoms with Crippen molar-refractivity contribution in [1.82, 2.24) is 5.32 Å². The zero-order valence-corrected chi connectivity index (χ0v) is 14.5. The van der Waals surface area contributed by atoms with Crippen molar-refractivity contribution < 1.29 is 0 Å². The van der Waals surface area contributed by atoms with Crippen LogP contribution < -0.4 is 10.2 Å². The van der Waals surface area contributed by atoms with Gasteiger partial charge in [-0.1, -0.05) is 24.6 Å². The third kappa shape index (κ3) is 4.47. The Morgan fingerprint density at radius 3 is 2.76 bits per heavy atom. The van der Waals surface area contributed by atoms with Gasteiger partial charge in [0.15, 0.2) is 0 Å². The summed E-state index contributed by atoms with van der Waals surface area (Å²) >= 11 is 8.20. The molecule has 114 valence electrons. The molecule has 1 atom stereocenters. The van der Waals surface area contributed by atoms with E-state index in [-0.39, 0.29) is 0 Å². The van der Waals surface area contributed by atoms with Gasteiger partial charge in [0.1, 0.15) is 0 Å². The molecule has 1 aromatic carbocycles. The highest BCUT2D eigenvalue weighted by Crippen LogP contribution is 2.29. The fourth-order valence-corrected chi connectivity index (χ4v) is 3.32. The minimum Gasteiger partial charge on any atom is -0.369 e. The van der Waals surface area contributed by atoms with Crippen molar-refractivity contribution in [2.75, 3.05) is 18.5 Å². The first kappa shape index (κ1) is 16.3. The second kappa shape index (κ2) is 7.83. The van der Waals surface area contributed by atoms with Crippen LogP contribution in [0, 0.1) is 0 Å². The van der Waals surface area contributed by atoms with Crippen molar-refractivity contribution in [2.24, 2.45) is 0 Å². The molecule has 1 heterocycles. The van der Waals surface area contributed by atoms with Gasteiger partial charge in [0.05, 0.1) is 10.7 Å². The normalized spacial score (nSPS) is 12.4. The van der Waals surface area contributed by atoms with Gasteiger partial charge in [0.25, 0.3) is 0 Å². The second-order valence-corrected chi connectivity index (χ2v) is 6.56. The summed E-state index contributed by atoms with van der Waals surface area (Å²) in [5.41, 5.74) is 3.64. The molecule has 0 aliphatic rings. The highest BCUT2D eigenvalue weighted by atomic mass is 35.5. The fourth-order valence-electron chi connectivity index (χ4n) is 2.32. The van der Waals surface area contributed by atoms with Crippen molar-refractivity contribution in [2.45, 2.75) is 32.9 Å². The van der Waals surface area contributed by atoms with Crippen LogP contribution >= 0.6 is 22.9 Å². The van der Waals surface area contributed by atoms with Crippen LogP contribution in [-0.2, 0) is 6.54 Å². The molecule has 2 rings (SSSR count). The van der Waals surface area contributed by atoms with E-state index in [0.717, 1.165) is 30.2 Å². The summed E-state index contributed by atoms with van der Waals surface area (Å²) < 4.78 is 0. The van der Waals surface area contributed by atoms with Crippen LogP contribution in [0.4, 0.5) is 5.69 Å². The quantitative estimate of drug-likeness (QED) is 0.763. The topological polar surface area (TPSA) is 15.3 Å². The molecular formula is C17H23ClN2S. The summed E-state index contributed by atoms with van der Waals surface area (Å²) in [6, 6.07) is 8.85. The van der Waals surface area contributed by atoms with Gasteiger partial charge in [-0.15, -0.1) is 0 Å². The first-order valence-electron chi connectivity index (χ1n) is 7.37. The summed E-state index contributed by atoms with van der Waals surface area (Å²) in [5.74, 6) is 0. The van der Waals surface area contributed by atoms with Gasteiger partial charge >= 0.3 is 0 Å². The summed E-state index contributed by atoms with van der Waals surface area (Å²) in [5, 5.41) is 8.59. The van der Waals surface area contributed by atoms with Gasteiger partial charge in [0, 0.05) is 19.6 Å². The van der Waals surface area contributed by atoms with Crippen LogP contribution in [0.25, 0.3) is 0 Å². The molecule has 0 saturated carbocycles. The summed E-state index contributed by atoms with van der Waals surface area (Å²) in [4.78, 5) is 2.19. The number of anilines is 1. The van der Waals surface area contributed by atoms with Crippen molar-refractivity contribution in [1.29, 1.82) is 0 Å². The van der Waals surface area contributed by atoms with E-state index in [1.807, 2.05) is 0 Å². The lowest BCUT2D eigenvalue weighted by atomic mass is 10.1. The first-order valence-corrected chi connectivity index (χ1v) is 8.69. The Morgan fingerprint density at radius 2 is 2.14 bits per heavy atom. The van der Waals surface area contributed by atoms with Crippen LogP contribution in [-0.4, -0.2) is 13.6 Å². The molecule has 0 amide bonds. The Kier molecular flexibility index (Phi) is 6.09. The minimum absolute atomic E-state index is 0.332. The molecule has 1 unspecified atom stereocenters. The van der Waals surface area contributed by atoms with Gasteiger partial charge in [-0.3, -0.25) is 0 Å². The zero-order valence-electron chi connectivity index (χ0n) is 12.9. The van der Waals surface area contributed by atoms with Gasteiger partial charge in [-0.25, -0.2) is 0 Å². The molecule has 0 bridgehead atoms.